The van der Waals surface area contributed by atoms with Gasteiger partial charge in [-0.1, -0.05) is 47.5 Å². The predicted octanol–water partition coefficient (Wildman–Crippen LogP) is 6.80. The number of nitrogens with zero attached hydrogens (tertiary/aromatic N) is 2. The van der Waals surface area contributed by atoms with Crippen molar-refractivity contribution in [1.29, 1.82) is 0 Å². The van der Waals surface area contributed by atoms with E-state index < -0.39 is 0 Å². The summed E-state index contributed by atoms with van der Waals surface area (Å²) in [5, 5.41) is 5.69. The van der Waals surface area contributed by atoms with Gasteiger partial charge in [-0.2, -0.15) is 0 Å². The smallest absolute Gasteiger partial charge is 0.152 e. The maximum Gasteiger partial charge on any atom is 0.152 e. The number of aryl methyl sites for hydroxylation is 1. The van der Waals surface area contributed by atoms with Crippen LogP contribution in [0, 0.1) is 19.7 Å². The SMILES string of the molecule is Cc1c(C)n(Cc2cccc(Cl)c2)c2c(NCCc3ccc(F)cc3)nc(Cl)cc12. The first-order valence-corrected chi connectivity index (χ1v) is 10.6. The molecule has 0 atom stereocenters. The number of nitrogens with one attached hydrogen (secondary N) is 1. The van der Waals surface area contributed by atoms with Gasteiger partial charge in [0.15, 0.2) is 5.82 Å². The third-order valence-electron chi connectivity index (χ3n) is 5.43. The summed E-state index contributed by atoms with van der Waals surface area (Å²) in [6, 6.07) is 16.4. The van der Waals surface area contributed by atoms with Crippen LogP contribution in [0.1, 0.15) is 22.4 Å². The number of rotatable bonds is 6. The fraction of sp³-hybridized carbons (Fsp3) is 0.208. The number of anilines is 1. The van der Waals surface area contributed by atoms with Crippen LogP contribution in [0.3, 0.4) is 0 Å². The highest BCUT2D eigenvalue weighted by molar-refractivity contribution is 6.30. The highest BCUT2D eigenvalue weighted by Crippen LogP contribution is 2.33. The molecule has 0 amide bonds. The molecular formula is C24H22Cl2FN3. The molecule has 0 fully saturated rings. The second kappa shape index (κ2) is 8.66. The van der Waals surface area contributed by atoms with Crippen molar-refractivity contribution in [2.45, 2.75) is 26.8 Å². The van der Waals surface area contributed by atoms with Gasteiger partial charge in [0.25, 0.3) is 0 Å². The lowest BCUT2D eigenvalue weighted by Crippen LogP contribution is -2.10. The zero-order valence-corrected chi connectivity index (χ0v) is 18.4. The van der Waals surface area contributed by atoms with E-state index in [0.717, 1.165) is 45.0 Å². The van der Waals surface area contributed by atoms with Crippen LogP contribution < -0.4 is 5.32 Å². The van der Waals surface area contributed by atoms with Crippen LogP contribution in [0.5, 0.6) is 0 Å². The summed E-state index contributed by atoms with van der Waals surface area (Å²) in [5.41, 5.74) is 5.54. The molecule has 0 radical (unpaired) electrons. The molecule has 0 aliphatic carbocycles. The van der Waals surface area contributed by atoms with Gasteiger partial charge in [0, 0.05) is 29.2 Å². The van der Waals surface area contributed by atoms with Crippen molar-refractivity contribution in [1.82, 2.24) is 9.55 Å². The zero-order valence-electron chi connectivity index (χ0n) is 16.8. The normalized spacial score (nSPS) is 11.2. The van der Waals surface area contributed by atoms with Gasteiger partial charge in [-0.3, -0.25) is 0 Å². The first-order chi connectivity index (χ1) is 14.4. The molecule has 4 rings (SSSR count). The Hall–Kier alpha value is -2.56. The van der Waals surface area contributed by atoms with Crippen LogP contribution in [0.4, 0.5) is 10.2 Å². The molecule has 0 unspecified atom stereocenters. The molecule has 0 spiro atoms. The number of aromatic nitrogens is 2. The molecule has 0 saturated heterocycles. The Labute approximate surface area is 185 Å². The Kier molecular flexibility index (Phi) is 5.98. The van der Waals surface area contributed by atoms with Gasteiger partial charge in [-0.15, -0.1) is 0 Å². The second-order valence-electron chi connectivity index (χ2n) is 7.42. The van der Waals surface area contributed by atoms with Crippen molar-refractivity contribution < 1.29 is 4.39 Å². The van der Waals surface area contributed by atoms with E-state index in [1.165, 1.54) is 17.7 Å². The van der Waals surface area contributed by atoms with Gasteiger partial charge < -0.3 is 9.88 Å². The molecule has 2 aromatic carbocycles. The molecule has 6 heteroatoms. The summed E-state index contributed by atoms with van der Waals surface area (Å²) in [7, 11) is 0. The monoisotopic (exact) mass is 441 g/mol. The van der Waals surface area contributed by atoms with Crippen LogP contribution in [0.15, 0.2) is 54.6 Å². The fourth-order valence-corrected chi connectivity index (χ4v) is 4.15. The summed E-state index contributed by atoms with van der Waals surface area (Å²) in [6.45, 7) is 5.56. The van der Waals surface area contributed by atoms with Crippen molar-refractivity contribution in [3.63, 3.8) is 0 Å². The lowest BCUT2D eigenvalue weighted by atomic mass is 10.1. The van der Waals surface area contributed by atoms with Crippen LogP contribution in [-0.2, 0) is 13.0 Å². The van der Waals surface area contributed by atoms with E-state index in [1.807, 2.05) is 24.3 Å². The number of benzene rings is 2. The Morgan fingerprint density at radius 3 is 2.50 bits per heavy atom. The molecule has 3 nitrogen and oxygen atoms in total. The van der Waals surface area contributed by atoms with Gasteiger partial charge in [0.05, 0.1) is 5.52 Å². The molecule has 30 heavy (non-hydrogen) atoms. The highest BCUT2D eigenvalue weighted by Gasteiger charge is 2.17. The van der Waals surface area contributed by atoms with Crippen LogP contribution in [0.2, 0.25) is 10.2 Å². The van der Waals surface area contributed by atoms with Crippen LogP contribution in [0.25, 0.3) is 10.9 Å². The minimum atomic E-state index is -0.227. The van der Waals surface area contributed by atoms with E-state index in [-0.39, 0.29) is 5.82 Å². The first-order valence-electron chi connectivity index (χ1n) is 9.81. The summed E-state index contributed by atoms with van der Waals surface area (Å²) in [5.74, 6) is 0.521. The Morgan fingerprint density at radius 2 is 1.77 bits per heavy atom. The standard InChI is InChI=1S/C24H22Cl2FN3/c1-15-16(2)30(14-18-4-3-5-19(25)12-18)23-21(15)13-22(26)29-24(23)28-11-10-17-6-8-20(27)9-7-17/h3-9,12-13H,10-11,14H2,1-2H3,(H,28,29). The van der Waals surface area contributed by atoms with Crippen molar-refractivity contribution in [3.05, 3.63) is 93.0 Å². The molecule has 0 aliphatic heterocycles. The quantitative estimate of drug-likeness (QED) is 0.333. The van der Waals surface area contributed by atoms with E-state index >= 15 is 0 Å². The predicted molar refractivity (Wildman–Crippen MR) is 123 cm³/mol. The van der Waals surface area contributed by atoms with Gasteiger partial charge in [0.1, 0.15) is 11.0 Å². The van der Waals surface area contributed by atoms with Gasteiger partial charge in [0.2, 0.25) is 0 Å². The average molecular weight is 442 g/mol. The van der Waals surface area contributed by atoms with Crippen LogP contribution >= 0.6 is 23.2 Å². The zero-order chi connectivity index (χ0) is 21.3. The summed E-state index contributed by atoms with van der Waals surface area (Å²) in [6.07, 6.45) is 0.753. The van der Waals surface area contributed by atoms with E-state index in [4.69, 9.17) is 23.2 Å². The maximum absolute atomic E-state index is 13.1. The molecule has 154 valence electrons. The molecule has 0 bridgehead atoms. The van der Waals surface area contributed by atoms with E-state index in [2.05, 4.69) is 34.8 Å². The van der Waals surface area contributed by atoms with Gasteiger partial charge >= 0.3 is 0 Å². The number of fused-ring (bicyclic) bond motifs is 1. The van der Waals surface area contributed by atoms with Crippen molar-refractivity contribution in [2.75, 3.05) is 11.9 Å². The number of hydrogen-bond acceptors (Lipinski definition) is 2. The second-order valence-corrected chi connectivity index (χ2v) is 8.24. The lowest BCUT2D eigenvalue weighted by Gasteiger charge is -2.13. The van der Waals surface area contributed by atoms with Crippen molar-refractivity contribution in [3.8, 4) is 0 Å². The lowest BCUT2D eigenvalue weighted by molar-refractivity contribution is 0.627. The summed E-state index contributed by atoms with van der Waals surface area (Å²) in [4.78, 5) is 4.57. The molecule has 2 heterocycles. The molecule has 1 N–H and O–H groups in total. The third-order valence-corrected chi connectivity index (χ3v) is 5.86. The molecule has 0 aliphatic rings. The maximum atomic E-state index is 13.1. The Morgan fingerprint density at radius 1 is 1.00 bits per heavy atom. The van der Waals surface area contributed by atoms with Crippen molar-refractivity contribution >= 4 is 39.9 Å². The van der Waals surface area contributed by atoms with Gasteiger partial charge in [-0.25, -0.2) is 9.37 Å². The summed E-state index contributed by atoms with van der Waals surface area (Å²) < 4.78 is 15.4. The molecule has 0 saturated carbocycles. The Balaban J connectivity index is 1.68. The average Bonchev–Trinajstić information content (AvgIpc) is 2.94. The van der Waals surface area contributed by atoms with E-state index in [1.54, 1.807) is 12.1 Å². The number of halogens is 3. The van der Waals surface area contributed by atoms with E-state index in [9.17, 15) is 4.39 Å². The first kappa shape index (κ1) is 20.7. The molecule has 2 aromatic heterocycles. The van der Waals surface area contributed by atoms with Gasteiger partial charge in [-0.05, 0) is 67.3 Å². The van der Waals surface area contributed by atoms with Crippen LogP contribution in [-0.4, -0.2) is 16.1 Å². The summed E-state index contributed by atoms with van der Waals surface area (Å²) >= 11 is 12.5. The highest BCUT2D eigenvalue weighted by atomic mass is 35.5. The van der Waals surface area contributed by atoms with Crippen molar-refractivity contribution in [2.24, 2.45) is 0 Å². The largest absolute Gasteiger partial charge is 0.368 e. The Bertz CT molecular complexity index is 1200. The minimum Gasteiger partial charge on any atom is -0.368 e. The third kappa shape index (κ3) is 4.30. The number of hydrogen-bond donors (Lipinski definition) is 1. The minimum absolute atomic E-state index is 0.227. The van der Waals surface area contributed by atoms with E-state index in [0.29, 0.717) is 18.2 Å². The molecule has 4 aromatic rings. The topological polar surface area (TPSA) is 29.9 Å². The fourth-order valence-electron chi connectivity index (χ4n) is 3.75. The number of pyridine rings is 1. The molecular weight excluding hydrogens is 420 g/mol.